The molecule has 1 rings (SSSR count). The van der Waals surface area contributed by atoms with Crippen molar-refractivity contribution in [3.63, 3.8) is 0 Å². The van der Waals surface area contributed by atoms with E-state index in [4.69, 9.17) is 11.5 Å². The number of carboxylic acids is 1. The Labute approximate surface area is 220 Å². The number of nitrogens with one attached hydrogen (secondary N) is 4. The van der Waals surface area contributed by atoms with Gasteiger partial charge in [0.05, 0.1) is 12.4 Å². The van der Waals surface area contributed by atoms with Crippen LogP contribution in [0.1, 0.15) is 37.8 Å². The van der Waals surface area contributed by atoms with E-state index in [1.54, 1.807) is 6.20 Å². The molecule has 204 valence electrons. The topological polar surface area (TPSA) is 205 Å². The van der Waals surface area contributed by atoms with Crippen molar-refractivity contribution in [3.05, 3.63) is 18.2 Å². The first kappa shape index (κ1) is 31.7. The summed E-state index contributed by atoms with van der Waals surface area (Å²) in [4.78, 5) is 57.1. The maximum absolute atomic E-state index is 13.1. The number of imidazole rings is 1. The van der Waals surface area contributed by atoms with Crippen LogP contribution in [0.5, 0.6) is 0 Å². The average Bonchev–Trinajstić information content (AvgIpc) is 3.36. The Morgan fingerprint density at radius 2 is 1.50 bits per heavy atom. The van der Waals surface area contributed by atoms with Crippen molar-refractivity contribution in [1.82, 2.24) is 25.9 Å². The van der Waals surface area contributed by atoms with Gasteiger partial charge >= 0.3 is 5.97 Å². The summed E-state index contributed by atoms with van der Waals surface area (Å²) in [5.74, 6) is -1.59. The molecule has 0 aliphatic heterocycles. The van der Waals surface area contributed by atoms with Crippen LogP contribution >= 0.6 is 23.5 Å². The number of nitrogens with zero attached hydrogens (tertiary/aromatic N) is 1. The summed E-state index contributed by atoms with van der Waals surface area (Å²) >= 11 is 3.01. The molecule has 3 amide bonds. The Balaban J connectivity index is 2.87. The van der Waals surface area contributed by atoms with E-state index in [-0.39, 0.29) is 12.8 Å². The van der Waals surface area contributed by atoms with Gasteiger partial charge in [-0.15, -0.1) is 0 Å². The van der Waals surface area contributed by atoms with Gasteiger partial charge in [-0.05, 0) is 62.7 Å². The van der Waals surface area contributed by atoms with Crippen LogP contribution < -0.4 is 27.4 Å². The number of hydrogen-bond acceptors (Lipinski definition) is 9. The zero-order chi connectivity index (χ0) is 26.9. The van der Waals surface area contributed by atoms with E-state index in [9.17, 15) is 24.3 Å². The largest absolute Gasteiger partial charge is 0.480 e. The maximum Gasteiger partial charge on any atom is 0.326 e. The van der Waals surface area contributed by atoms with E-state index < -0.39 is 47.9 Å². The van der Waals surface area contributed by atoms with Crippen molar-refractivity contribution in [2.24, 2.45) is 11.5 Å². The van der Waals surface area contributed by atoms with Crippen molar-refractivity contribution in [1.29, 1.82) is 0 Å². The van der Waals surface area contributed by atoms with Gasteiger partial charge in [-0.25, -0.2) is 9.78 Å². The Bertz CT molecular complexity index is 813. The normalized spacial score (nSPS) is 14.3. The molecule has 1 aromatic rings. The number of carboxylic acid groups (broad SMARTS) is 1. The Kier molecular flexibility index (Phi) is 15.9. The van der Waals surface area contributed by atoms with Gasteiger partial charge in [0.15, 0.2) is 0 Å². The second-order valence-electron chi connectivity index (χ2n) is 8.26. The second-order valence-corrected chi connectivity index (χ2v) is 10.2. The van der Waals surface area contributed by atoms with E-state index in [0.717, 1.165) is 0 Å². The van der Waals surface area contributed by atoms with Crippen LogP contribution in [0.2, 0.25) is 0 Å². The maximum atomic E-state index is 13.1. The second kappa shape index (κ2) is 18.0. The minimum absolute atomic E-state index is 0.224. The van der Waals surface area contributed by atoms with Gasteiger partial charge in [0.2, 0.25) is 17.7 Å². The standard InChI is InChI=1S/C22H39N7O5S2/c1-35-9-6-16(27-19(30)15(24)11-14-12-25-13-26-14)20(31)28-17(7-10-36-2)21(32)29-18(22(33)34)5-3-4-8-23/h12-13,15-18H,3-11,23-24H2,1-2H3,(H,25,26)(H,27,30)(H,28,31)(H,29,32)(H,33,34). The van der Waals surface area contributed by atoms with E-state index in [2.05, 4.69) is 25.9 Å². The molecular weight excluding hydrogens is 506 g/mol. The van der Waals surface area contributed by atoms with Crippen LogP contribution in [0, 0.1) is 0 Å². The third kappa shape index (κ3) is 12.1. The Morgan fingerprint density at radius 1 is 0.944 bits per heavy atom. The fraction of sp³-hybridized carbons (Fsp3) is 0.682. The molecule has 0 fully saturated rings. The lowest BCUT2D eigenvalue weighted by Crippen LogP contribution is -2.57. The number of aliphatic carboxylic acids is 1. The molecule has 9 N–H and O–H groups in total. The van der Waals surface area contributed by atoms with E-state index in [1.165, 1.54) is 29.9 Å². The lowest BCUT2D eigenvalue weighted by molar-refractivity contribution is -0.142. The predicted octanol–water partition coefficient (Wildman–Crippen LogP) is -0.546. The lowest BCUT2D eigenvalue weighted by atomic mass is 10.1. The molecule has 0 aliphatic rings. The van der Waals surface area contributed by atoms with E-state index >= 15 is 0 Å². The number of amides is 3. The summed E-state index contributed by atoms with van der Waals surface area (Å²) < 4.78 is 0. The lowest BCUT2D eigenvalue weighted by Gasteiger charge is -2.25. The van der Waals surface area contributed by atoms with Crippen molar-refractivity contribution >= 4 is 47.2 Å². The van der Waals surface area contributed by atoms with E-state index in [1.807, 2.05) is 12.5 Å². The molecule has 1 aromatic heterocycles. The van der Waals surface area contributed by atoms with Crippen LogP contribution in [0.3, 0.4) is 0 Å². The van der Waals surface area contributed by atoms with Crippen LogP contribution in [0.4, 0.5) is 0 Å². The number of aromatic nitrogens is 2. The van der Waals surface area contributed by atoms with Crippen LogP contribution in [-0.2, 0) is 25.6 Å². The number of nitrogens with two attached hydrogens (primary N) is 2. The SMILES string of the molecule is CSCCC(NC(=O)C(N)Cc1cnc[nH]1)C(=O)NC(CCSC)C(=O)NC(CCCCN)C(=O)O. The molecule has 12 nitrogen and oxygen atoms in total. The number of aromatic amines is 1. The van der Waals surface area contributed by atoms with Gasteiger partial charge in [-0.1, -0.05) is 0 Å². The number of unbranched alkanes of at least 4 members (excludes halogenated alkanes) is 1. The van der Waals surface area contributed by atoms with Gasteiger partial charge in [0.1, 0.15) is 18.1 Å². The molecule has 0 spiro atoms. The third-order valence-corrected chi connectivity index (χ3v) is 6.67. The molecule has 14 heteroatoms. The highest BCUT2D eigenvalue weighted by molar-refractivity contribution is 7.98. The number of hydrogen-bond donors (Lipinski definition) is 7. The van der Waals surface area contributed by atoms with Crippen LogP contribution in [0.25, 0.3) is 0 Å². The number of carbonyl (C=O) groups excluding carboxylic acids is 3. The highest BCUT2D eigenvalue weighted by Gasteiger charge is 2.30. The molecule has 36 heavy (non-hydrogen) atoms. The van der Waals surface area contributed by atoms with Crippen LogP contribution in [0.15, 0.2) is 12.5 Å². The highest BCUT2D eigenvalue weighted by Crippen LogP contribution is 2.08. The summed E-state index contributed by atoms with van der Waals surface area (Å²) in [5.41, 5.74) is 12.2. The highest BCUT2D eigenvalue weighted by atomic mass is 32.2. The molecule has 0 radical (unpaired) electrons. The van der Waals surface area contributed by atoms with Gasteiger partial charge in [-0.3, -0.25) is 14.4 Å². The fourth-order valence-corrected chi connectivity index (χ4v) is 4.25. The van der Waals surface area contributed by atoms with Crippen molar-refractivity contribution < 1.29 is 24.3 Å². The number of rotatable bonds is 19. The average molecular weight is 546 g/mol. The van der Waals surface area contributed by atoms with Crippen molar-refractivity contribution in [2.75, 3.05) is 30.6 Å². The molecule has 0 saturated heterocycles. The summed E-state index contributed by atoms with van der Waals surface area (Å²) in [7, 11) is 0. The molecule has 0 aromatic carbocycles. The fourth-order valence-electron chi connectivity index (χ4n) is 3.31. The van der Waals surface area contributed by atoms with Gasteiger partial charge < -0.3 is 37.5 Å². The van der Waals surface area contributed by atoms with Gasteiger partial charge in [0.25, 0.3) is 0 Å². The van der Waals surface area contributed by atoms with Gasteiger partial charge in [-0.2, -0.15) is 23.5 Å². The molecule has 0 saturated carbocycles. The molecule has 0 bridgehead atoms. The van der Waals surface area contributed by atoms with E-state index in [0.29, 0.717) is 49.4 Å². The zero-order valence-electron chi connectivity index (χ0n) is 20.8. The first-order valence-corrected chi connectivity index (χ1v) is 14.6. The minimum atomic E-state index is -1.15. The van der Waals surface area contributed by atoms with Crippen molar-refractivity contribution in [2.45, 2.75) is 62.7 Å². The molecular formula is C22H39N7O5S2. The molecule has 1 heterocycles. The monoisotopic (exact) mass is 545 g/mol. The predicted molar refractivity (Wildman–Crippen MR) is 143 cm³/mol. The van der Waals surface area contributed by atoms with Crippen molar-refractivity contribution in [3.8, 4) is 0 Å². The zero-order valence-corrected chi connectivity index (χ0v) is 22.5. The first-order chi connectivity index (χ1) is 17.2. The minimum Gasteiger partial charge on any atom is -0.480 e. The third-order valence-electron chi connectivity index (χ3n) is 5.38. The first-order valence-electron chi connectivity index (χ1n) is 11.8. The van der Waals surface area contributed by atoms with Gasteiger partial charge in [0, 0.05) is 18.3 Å². The van der Waals surface area contributed by atoms with Crippen LogP contribution in [-0.4, -0.2) is 93.5 Å². The molecule has 0 aliphatic carbocycles. The Hall–Kier alpha value is -2.29. The molecule has 4 atom stereocenters. The number of carbonyl (C=O) groups is 4. The summed E-state index contributed by atoms with van der Waals surface area (Å²) in [5, 5.41) is 17.4. The number of thioether (sulfide) groups is 2. The smallest absolute Gasteiger partial charge is 0.326 e. The summed E-state index contributed by atoms with van der Waals surface area (Å²) in [6, 6.07) is -3.82. The Morgan fingerprint density at radius 3 is 1.97 bits per heavy atom. The quantitative estimate of drug-likeness (QED) is 0.110. The molecule has 4 unspecified atom stereocenters. The summed E-state index contributed by atoms with van der Waals surface area (Å²) in [6.45, 7) is 0.432. The summed E-state index contributed by atoms with van der Waals surface area (Å²) in [6.07, 6.45) is 9.10. The number of H-pyrrole nitrogens is 1.